The summed E-state index contributed by atoms with van der Waals surface area (Å²) in [5, 5.41) is 7.20. The summed E-state index contributed by atoms with van der Waals surface area (Å²) in [7, 11) is 0. The average Bonchev–Trinajstić information content (AvgIpc) is 3.27. The van der Waals surface area contributed by atoms with Gasteiger partial charge >= 0.3 is 0 Å². The van der Waals surface area contributed by atoms with Crippen LogP contribution in [0.15, 0.2) is 78.9 Å². The van der Waals surface area contributed by atoms with Crippen LogP contribution in [-0.4, -0.2) is 16.5 Å². The number of imidazole rings is 1. The summed E-state index contributed by atoms with van der Waals surface area (Å²) < 4.78 is 6.23. The van der Waals surface area contributed by atoms with E-state index >= 15 is 0 Å². The molecule has 0 amide bonds. The van der Waals surface area contributed by atoms with E-state index in [9.17, 15) is 0 Å². The average molecular weight is 490 g/mol. The minimum Gasteiger partial charge on any atom is -0.488 e. The van der Waals surface area contributed by atoms with Gasteiger partial charge < -0.3 is 15.0 Å². The molecule has 0 atom stereocenters. The molecule has 0 saturated heterocycles. The van der Waals surface area contributed by atoms with E-state index in [4.69, 9.17) is 27.9 Å². The van der Waals surface area contributed by atoms with E-state index in [1.54, 1.807) is 6.07 Å². The Morgan fingerprint density at radius 1 is 0.912 bits per heavy atom. The van der Waals surface area contributed by atoms with Crippen LogP contribution in [0.4, 0.5) is 0 Å². The molecular formula is C28H25Cl2N3O. The summed E-state index contributed by atoms with van der Waals surface area (Å²) in [6.07, 6.45) is 1.89. The van der Waals surface area contributed by atoms with E-state index in [-0.39, 0.29) is 0 Å². The maximum absolute atomic E-state index is 6.34. The van der Waals surface area contributed by atoms with E-state index in [0.717, 1.165) is 53.1 Å². The summed E-state index contributed by atoms with van der Waals surface area (Å²) in [4.78, 5) is 8.07. The molecule has 0 aliphatic rings. The van der Waals surface area contributed by atoms with Crippen LogP contribution in [-0.2, 0) is 19.6 Å². The molecule has 0 aliphatic carbocycles. The Bertz CT molecular complexity index is 1400. The third-order valence-electron chi connectivity index (χ3n) is 5.90. The highest BCUT2D eigenvalue weighted by molar-refractivity contribution is 6.35. The molecule has 0 radical (unpaired) electrons. The van der Waals surface area contributed by atoms with E-state index in [1.807, 2.05) is 36.4 Å². The van der Waals surface area contributed by atoms with Crippen LogP contribution in [0.3, 0.4) is 0 Å². The summed E-state index contributed by atoms with van der Waals surface area (Å²) >= 11 is 12.4. The van der Waals surface area contributed by atoms with Crippen molar-refractivity contribution in [2.75, 3.05) is 6.54 Å². The van der Waals surface area contributed by atoms with Crippen molar-refractivity contribution in [1.29, 1.82) is 0 Å². The molecule has 0 aliphatic heterocycles. The van der Waals surface area contributed by atoms with Crippen LogP contribution in [0.5, 0.6) is 5.75 Å². The van der Waals surface area contributed by atoms with Gasteiger partial charge in [-0.1, -0.05) is 71.7 Å². The fourth-order valence-electron chi connectivity index (χ4n) is 4.15. The molecule has 4 aromatic carbocycles. The number of hydrogen-bond donors (Lipinski definition) is 2. The fourth-order valence-corrected chi connectivity index (χ4v) is 4.61. The molecule has 0 fully saturated rings. The largest absolute Gasteiger partial charge is 0.488 e. The number of para-hydroxylation sites is 2. The molecule has 0 saturated carbocycles. The fraction of sp³-hybridized carbons (Fsp3) is 0.179. The SMILES string of the molecule is Clc1ccc(COc2ccc3ccccc3c2CNCCCc2nc3ccccc3[nH]2)c(Cl)c1. The Balaban J connectivity index is 1.25. The standard InChI is InChI=1S/C28H25Cl2N3O/c29-21-13-11-20(24(30)16-21)18-34-27-14-12-19-6-1-2-7-22(19)23(27)17-31-15-5-10-28-32-25-8-3-4-9-26(25)33-28/h1-4,6-9,11-14,16,31H,5,10,15,17-18H2,(H,32,33). The minimum atomic E-state index is 0.382. The van der Waals surface area contributed by atoms with Crippen LogP contribution >= 0.6 is 23.2 Å². The number of aryl methyl sites for hydroxylation is 1. The van der Waals surface area contributed by atoms with Gasteiger partial charge in [0.1, 0.15) is 18.2 Å². The van der Waals surface area contributed by atoms with Crippen LogP contribution in [0, 0.1) is 0 Å². The molecule has 6 heteroatoms. The van der Waals surface area contributed by atoms with Crippen molar-refractivity contribution >= 4 is 45.0 Å². The normalized spacial score (nSPS) is 11.4. The minimum absolute atomic E-state index is 0.382. The maximum Gasteiger partial charge on any atom is 0.124 e. The first-order valence-electron chi connectivity index (χ1n) is 11.4. The summed E-state index contributed by atoms with van der Waals surface area (Å²) in [6.45, 7) is 1.97. The van der Waals surface area contributed by atoms with Gasteiger partial charge in [0.05, 0.1) is 11.0 Å². The van der Waals surface area contributed by atoms with Crippen molar-refractivity contribution in [3.05, 3.63) is 106 Å². The molecule has 0 spiro atoms. The zero-order valence-corrected chi connectivity index (χ0v) is 20.2. The molecular weight excluding hydrogens is 465 g/mol. The number of hydrogen-bond acceptors (Lipinski definition) is 3. The zero-order valence-electron chi connectivity index (χ0n) is 18.7. The first-order chi connectivity index (χ1) is 16.7. The Labute approximate surface area is 208 Å². The smallest absolute Gasteiger partial charge is 0.124 e. The lowest BCUT2D eigenvalue weighted by Crippen LogP contribution is -2.16. The molecule has 5 rings (SSSR count). The monoisotopic (exact) mass is 489 g/mol. The molecule has 0 unspecified atom stereocenters. The van der Waals surface area contributed by atoms with Crippen molar-refractivity contribution < 1.29 is 4.74 Å². The number of benzene rings is 4. The highest BCUT2D eigenvalue weighted by atomic mass is 35.5. The van der Waals surface area contributed by atoms with Gasteiger partial charge in [-0.2, -0.15) is 0 Å². The number of ether oxygens (including phenoxy) is 1. The quantitative estimate of drug-likeness (QED) is 0.213. The molecule has 1 heterocycles. The predicted molar refractivity (Wildman–Crippen MR) is 141 cm³/mol. The first kappa shape index (κ1) is 22.7. The molecule has 4 nitrogen and oxygen atoms in total. The lowest BCUT2D eigenvalue weighted by molar-refractivity contribution is 0.303. The van der Waals surface area contributed by atoms with Crippen molar-refractivity contribution in [2.45, 2.75) is 26.0 Å². The van der Waals surface area contributed by atoms with Gasteiger partial charge in [-0.15, -0.1) is 0 Å². The Hall–Kier alpha value is -3.05. The zero-order chi connectivity index (χ0) is 23.3. The highest BCUT2D eigenvalue weighted by Gasteiger charge is 2.11. The lowest BCUT2D eigenvalue weighted by atomic mass is 10.0. The maximum atomic E-state index is 6.34. The number of H-pyrrole nitrogens is 1. The number of nitrogens with zero attached hydrogens (tertiary/aromatic N) is 1. The Kier molecular flexibility index (Phi) is 7.00. The van der Waals surface area contributed by atoms with Crippen LogP contribution in [0.2, 0.25) is 10.0 Å². The van der Waals surface area contributed by atoms with Crippen LogP contribution < -0.4 is 10.1 Å². The molecule has 1 aromatic heterocycles. The Morgan fingerprint density at radius 3 is 2.65 bits per heavy atom. The predicted octanol–water partition coefficient (Wildman–Crippen LogP) is 7.32. The third-order valence-corrected chi connectivity index (χ3v) is 6.49. The second-order valence-corrected chi connectivity index (χ2v) is 9.11. The van der Waals surface area contributed by atoms with Gasteiger partial charge in [-0.25, -0.2) is 4.98 Å². The third kappa shape index (κ3) is 5.20. The van der Waals surface area contributed by atoms with Crippen molar-refractivity contribution in [1.82, 2.24) is 15.3 Å². The number of fused-ring (bicyclic) bond motifs is 2. The first-order valence-corrected chi connectivity index (χ1v) is 12.1. The number of nitrogens with one attached hydrogen (secondary N) is 2. The van der Waals surface area contributed by atoms with Crippen LogP contribution in [0.25, 0.3) is 21.8 Å². The summed E-state index contributed by atoms with van der Waals surface area (Å²) in [5.41, 5.74) is 4.16. The van der Waals surface area contributed by atoms with E-state index in [0.29, 0.717) is 23.2 Å². The van der Waals surface area contributed by atoms with E-state index in [2.05, 4.69) is 51.7 Å². The second kappa shape index (κ2) is 10.5. The lowest BCUT2D eigenvalue weighted by Gasteiger charge is -2.16. The Morgan fingerprint density at radius 2 is 1.76 bits per heavy atom. The van der Waals surface area contributed by atoms with E-state index < -0.39 is 0 Å². The molecule has 34 heavy (non-hydrogen) atoms. The van der Waals surface area contributed by atoms with Gasteiger partial charge in [0, 0.05) is 34.1 Å². The van der Waals surface area contributed by atoms with Gasteiger partial charge in [0.2, 0.25) is 0 Å². The summed E-state index contributed by atoms with van der Waals surface area (Å²) in [6, 6.07) is 26.1. The highest BCUT2D eigenvalue weighted by Crippen LogP contribution is 2.30. The van der Waals surface area contributed by atoms with Crippen molar-refractivity contribution in [2.24, 2.45) is 0 Å². The second-order valence-electron chi connectivity index (χ2n) is 8.27. The van der Waals surface area contributed by atoms with Gasteiger partial charge in [-0.05, 0) is 54.1 Å². The summed E-state index contributed by atoms with van der Waals surface area (Å²) in [5.74, 6) is 1.88. The molecule has 172 valence electrons. The van der Waals surface area contributed by atoms with Gasteiger partial charge in [-0.3, -0.25) is 0 Å². The molecule has 5 aromatic rings. The van der Waals surface area contributed by atoms with Crippen molar-refractivity contribution in [3.8, 4) is 5.75 Å². The molecule has 2 N–H and O–H groups in total. The number of aromatic nitrogens is 2. The number of rotatable bonds is 9. The van der Waals surface area contributed by atoms with Crippen LogP contribution in [0.1, 0.15) is 23.4 Å². The molecule has 0 bridgehead atoms. The van der Waals surface area contributed by atoms with E-state index in [1.165, 1.54) is 10.8 Å². The number of halogens is 2. The van der Waals surface area contributed by atoms with Crippen molar-refractivity contribution in [3.63, 3.8) is 0 Å². The number of aromatic amines is 1. The topological polar surface area (TPSA) is 49.9 Å². The van der Waals surface area contributed by atoms with Gasteiger partial charge in [0.15, 0.2) is 0 Å². The van der Waals surface area contributed by atoms with Gasteiger partial charge in [0.25, 0.3) is 0 Å².